The zero-order valence-corrected chi connectivity index (χ0v) is 19.2. The highest BCUT2D eigenvalue weighted by atomic mass is 16.6. The molecule has 0 aliphatic rings. The third-order valence-electron chi connectivity index (χ3n) is 5.24. The number of guanidine groups is 1. The lowest BCUT2D eigenvalue weighted by atomic mass is 10.1. The lowest BCUT2D eigenvalue weighted by molar-refractivity contribution is -0.384. The van der Waals surface area contributed by atoms with Gasteiger partial charge in [0.15, 0.2) is 0 Å². The number of rotatable bonds is 7. The van der Waals surface area contributed by atoms with E-state index in [1.54, 1.807) is 73.8 Å². The summed E-state index contributed by atoms with van der Waals surface area (Å²) in [4.78, 5) is 27.6. The van der Waals surface area contributed by atoms with Crippen LogP contribution in [0.1, 0.15) is 22.8 Å². The molecule has 4 aromatic rings. The Labute approximate surface area is 205 Å². The first-order chi connectivity index (χ1) is 17.3. The van der Waals surface area contributed by atoms with Crippen molar-refractivity contribution in [3.63, 3.8) is 0 Å². The van der Waals surface area contributed by atoms with E-state index in [9.17, 15) is 14.9 Å². The van der Waals surface area contributed by atoms with E-state index in [2.05, 4.69) is 25.8 Å². The van der Waals surface area contributed by atoms with Crippen molar-refractivity contribution in [1.82, 2.24) is 4.98 Å². The third kappa shape index (κ3) is 5.59. The van der Waals surface area contributed by atoms with Gasteiger partial charge in [0.2, 0.25) is 5.96 Å². The minimum atomic E-state index is -0.446. The second-order valence-corrected chi connectivity index (χ2v) is 7.76. The topological polar surface area (TPSA) is 174 Å². The normalized spacial score (nSPS) is 11.1. The molecule has 0 saturated carbocycles. The number of benzene rings is 3. The lowest BCUT2D eigenvalue weighted by Crippen LogP contribution is -2.22. The average Bonchev–Trinajstić information content (AvgIpc) is 2.88. The molecule has 0 aliphatic heterocycles. The second kappa shape index (κ2) is 10.3. The van der Waals surface area contributed by atoms with E-state index >= 15 is 0 Å². The highest BCUT2D eigenvalue weighted by Crippen LogP contribution is 2.28. The van der Waals surface area contributed by atoms with Crippen LogP contribution in [0.3, 0.4) is 0 Å². The number of nitrogens with two attached hydrogens (primary N) is 2. The Morgan fingerprint density at radius 2 is 1.58 bits per heavy atom. The zero-order valence-electron chi connectivity index (χ0n) is 19.2. The van der Waals surface area contributed by atoms with E-state index in [0.29, 0.717) is 39.2 Å². The smallest absolute Gasteiger partial charge is 0.270 e. The molecular weight excluding hydrogens is 460 g/mol. The Morgan fingerprint density at radius 3 is 2.25 bits per heavy atom. The van der Waals surface area contributed by atoms with Crippen LogP contribution >= 0.6 is 0 Å². The van der Waals surface area contributed by atoms with Crippen molar-refractivity contribution in [3.05, 3.63) is 100 Å². The Hall–Kier alpha value is -5.32. The monoisotopic (exact) mass is 482 g/mol. The maximum absolute atomic E-state index is 12.7. The quantitative estimate of drug-likeness (QED) is 0.132. The number of nitrogens with zero attached hydrogens (tertiary/aromatic N) is 4. The van der Waals surface area contributed by atoms with Gasteiger partial charge < -0.3 is 22.1 Å². The Bertz CT molecular complexity index is 1490. The number of pyridine rings is 1. The first-order valence-electron chi connectivity index (χ1n) is 10.8. The number of carbonyl (C=O) groups excluding carboxylic acids is 1. The molecular formula is C25H22N8O3. The van der Waals surface area contributed by atoms with Gasteiger partial charge in [-0.15, -0.1) is 5.10 Å². The van der Waals surface area contributed by atoms with Crippen molar-refractivity contribution in [1.29, 1.82) is 0 Å². The largest absolute Gasteiger partial charge is 0.369 e. The average molecular weight is 483 g/mol. The summed E-state index contributed by atoms with van der Waals surface area (Å²) in [5.74, 6) is -0.400. The summed E-state index contributed by atoms with van der Waals surface area (Å²) in [6.45, 7) is 1.77. The molecule has 180 valence electrons. The van der Waals surface area contributed by atoms with Crippen molar-refractivity contribution in [2.75, 3.05) is 10.6 Å². The van der Waals surface area contributed by atoms with Crippen molar-refractivity contribution < 1.29 is 9.72 Å². The number of hydrogen-bond donors (Lipinski definition) is 4. The predicted molar refractivity (Wildman–Crippen MR) is 141 cm³/mol. The third-order valence-corrected chi connectivity index (χ3v) is 5.24. The van der Waals surface area contributed by atoms with Gasteiger partial charge in [0.1, 0.15) is 0 Å². The molecule has 0 atom stereocenters. The van der Waals surface area contributed by atoms with Crippen molar-refractivity contribution in [2.24, 2.45) is 21.7 Å². The number of carbonyl (C=O) groups is 1. The number of amides is 1. The number of aromatic nitrogens is 1. The van der Waals surface area contributed by atoms with Gasteiger partial charge in [0.05, 0.1) is 16.2 Å². The second-order valence-electron chi connectivity index (χ2n) is 7.76. The first-order valence-corrected chi connectivity index (χ1v) is 10.8. The SMILES string of the molecule is C/C(=N\N=C(N)N)c1ccc(NC(=O)c2ccc(Nc3ccnc4ccc([N+](=O)[O-])cc34)cc2)cc1. The van der Waals surface area contributed by atoms with Crippen LogP contribution in [0.25, 0.3) is 10.9 Å². The summed E-state index contributed by atoms with van der Waals surface area (Å²) in [6, 6.07) is 20.2. The maximum atomic E-state index is 12.7. The molecule has 36 heavy (non-hydrogen) atoms. The van der Waals surface area contributed by atoms with Crippen LogP contribution in [0.4, 0.5) is 22.7 Å². The van der Waals surface area contributed by atoms with Crippen LogP contribution in [0, 0.1) is 10.1 Å². The van der Waals surface area contributed by atoms with E-state index in [1.807, 2.05) is 0 Å². The maximum Gasteiger partial charge on any atom is 0.270 e. The molecule has 0 saturated heterocycles. The van der Waals surface area contributed by atoms with Gasteiger partial charge in [0.25, 0.3) is 11.6 Å². The fourth-order valence-corrected chi connectivity index (χ4v) is 3.41. The Morgan fingerprint density at radius 1 is 0.917 bits per heavy atom. The number of nitro benzene ring substituents is 1. The summed E-state index contributed by atoms with van der Waals surface area (Å²) >= 11 is 0. The van der Waals surface area contributed by atoms with E-state index in [-0.39, 0.29) is 17.6 Å². The van der Waals surface area contributed by atoms with Crippen LogP contribution in [0.5, 0.6) is 0 Å². The summed E-state index contributed by atoms with van der Waals surface area (Å²) in [5.41, 5.74) is 15.1. The molecule has 1 heterocycles. The van der Waals surface area contributed by atoms with E-state index < -0.39 is 4.92 Å². The molecule has 0 spiro atoms. The van der Waals surface area contributed by atoms with Gasteiger partial charge in [-0.1, -0.05) is 12.1 Å². The molecule has 4 rings (SSSR count). The molecule has 1 amide bonds. The molecule has 0 unspecified atom stereocenters. The minimum absolute atomic E-state index is 0.0187. The summed E-state index contributed by atoms with van der Waals surface area (Å²) in [5, 5.41) is 25.4. The number of nitro groups is 1. The van der Waals surface area contributed by atoms with Crippen molar-refractivity contribution in [2.45, 2.75) is 6.92 Å². The Balaban J connectivity index is 1.45. The number of non-ortho nitro benzene ring substituents is 1. The van der Waals surface area contributed by atoms with E-state index in [1.165, 1.54) is 12.1 Å². The number of fused-ring (bicyclic) bond motifs is 1. The van der Waals surface area contributed by atoms with Gasteiger partial charge in [-0.25, -0.2) is 0 Å². The summed E-state index contributed by atoms with van der Waals surface area (Å²) < 4.78 is 0. The molecule has 11 nitrogen and oxygen atoms in total. The van der Waals surface area contributed by atoms with Gasteiger partial charge >= 0.3 is 0 Å². The standard InChI is InChI=1S/C25H22N8O3/c1-15(31-32-25(26)27)16-2-6-19(7-3-16)30-24(34)17-4-8-18(9-5-17)29-23-12-13-28-22-11-10-20(33(35)36)14-21(22)23/h2-14H,1H3,(H,28,29)(H,30,34)(H4,26,27,32)/b31-15+. The number of nitrogens with one attached hydrogen (secondary N) is 2. The molecule has 1 aromatic heterocycles. The minimum Gasteiger partial charge on any atom is -0.369 e. The molecule has 0 bridgehead atoms. The molecule has 11 heteroatoms. The van der Waals surface area contributed by atoms with Crippen molar-refractivity contribution in [3.8, 4) is 0 Å². The van der Waals surface area contributed by atoms with Crippen molar-refractivity contribution >= 4 is 51.2 Å². The Kier molecular flexibility index (Phi) is 6.82. The van der Waals surface area contributed by atoms with Crippen LogP contribution in [-0.4, -0.2) is 27.5 Å². The van der Waals surface area contributed by atoms with Crippen LogP contribution in [0.15, 0.2) is 89.2 Å². The zero-order chi connectivity index (χ0) is 25.7. The van der Waals surface area contributed by atoms with Gasteiger partial charge in [0, 0.05) is 46.3 Å². The van der Waals surface area contributed by atoms with Gasteiger partial charge in [-0.2, -0.15) is 5.10 Å². The number of anilines is 3. The highest BCUT2D eigenvalue weighted by Gasteiger charge is 2.11. The molecule has 0 aliphatic carbocycles. The lowest BCUT2D eigenvalue weighted by Gasteiger charge is -2.11. The van der Waals surface area contributed by atoms with Gasteiger partial charge in [-0.3, -0.25) is 19.9 Å². The molecule has 6 N–H and O–H groups in total. The summed E-state index contributed by atoms with van der Waals surface area (Å²) in [6.07, 6.45) is 1.62. The predicted octanol–water partition coefficient (Wildman–Crippen LogP) is 4.14. The van der Waals surface area contributed by atoms with E-state index in [0.717, 1.165) is 5.56 Å². The highest BCUT2D eigenvalue weighted by molar-refractivity contribution is 6.05. The van der Waals surface area contributed by atoms with Crippen LogP contribution < -0.4 is 22.1 Å². The van der Waals surface area contributed by atoms with Gasteiger partial charge in [-0.05, 0) is 61.0 Å². The fraction of sp³-hybridized carbons (Fsp3) is 0.0400. The van der Waals surface area contributed by atoms with Crippen LogP contribution in [0.2, 0.25) is 0 Å². The van der Waals surface area contributed by atoms with Crippen LogP contribution in [-0.2, 0) is 0 Å². The number of hydrogen-bond acceptors (Lipinski definition) is 7. The summed E-state index contributed by atoms with van der Waals surface area (Å²) in [7, 11) is 0. The van der Waals surface area contributed by atoms with E-state index in [4.69, 9.17) is 11.5 Å². The molecule has 3 aromatic carbocycles. The molecule has 0 radical (unpaired) electrons. The fourth-order valence-electron chi connectivity index (χ4n) is 3.41. The molecule has 0 fully saturated rings. The first kappa shape index (κ1) is 23.8.